The summed E-state index contributed by atoms with van der Waals surface area (Å²) in [5.41, 5.74) is 5.56. The summed E-state index contributed by atoms with van der Waals surface area (Å²) in [5.74, 6) is 0.575. The van der Waals surface area contributed by atoms with Crippen LogP contribution in [0, 0.1) is 11.8 Å². The third-order valence-electron chi connectivity index (χ3n) is 3.38. The van der Waals surface area contributed by atoms with Crippen molar-refractivity contribution in [3.63, 3.8) is 0 Å². The van der Waals surface area contributed by atoms with Crippen LogP contribution in [0.4, 0.5) is 13.2 Å². The highest BCUT2D eigenvalue weighted by molar-refractivity contribution is 4.81. The summed E-state index contributed by atoms with van der Waals surface area (Å²) in [6, 6.07) is 0. The maximum absolute atomic E-state index is 12.1. The van der Waals surface area contributed by atoms with Gasteiger partial charge in [0.25, 0.3) is 0 Å². The van der Waals surface area contributed by atoms with E-state index in [1.54, 1.807) is 0 Å². The molecule has 1 saturated carbocycles. The lowest BCUT2D eigenvalue weighted by atomic mass is 9.78. The molecule has 0 aromatic heterocycles. The van der Waals surface area contributed by atoms with Crippen molar-refractivity contribution in [3.05, 3.63) is 0 Å². The number of alkyl halides is 3. The third kappa shape index (κ3) is 4.29. The van der Waals surface area contributed by atoms with E-state index in [-0.39, 0.29) is 12.0 Å². The van der Waals surface area contributed by atoms with E-state index in [9.17, 15) is 13.2 Å². The Morgan fingerprint density at radius 3 is 2.50 bits per heavy atom. The summed E-state index contributed by atoms with van der Waals surface area (Å²) in [4.78, 5) is 0. The van der Waals surface area contributed by atoms with Crippen molar-refractivity contribution >= 4 is 0 Å². The van der Waals surface area contributed by atoms with Crippen LogP contribution in [0.25, 0.3) is 0 Å². The molecule has 96 valence electrons. The Bertz CT molecular complexity index is 208. The molecule has 3 unspecified atom stereocenters. The quantitative estimate of drug-likeness (QED) is 0.818. The Morgan fingerprint density at radius 2 is 2.00 bits per heavy atom. The van der Waals surface area contributed by atoms with Crippen molar-refractivity contribution in [3.8, 4) is 0 Å². The summed E-state index contributed by atoms with van der Waals surface area (Å²) in [6.45, 7) is 1.33. The SMILES string of the molecule is CCC1CCC(CN)C(OCC(F)(F)F)C1. The fraction of sp³-hybridized carbons (Fsp3) is 1.00. The van der Waals surface area contributed by atoms with Gasteiger partial charge in [0.05, 0.1) is 6.10 Å². The van der Waals surface area contributed by atoms with Gasteiger partial charge in [-0.15, -0.1) is 0 Å². The van der Waals surface area contributed by atoms with Gasteiger partial charge in [-0.2, -0.15) is 13.2 Å². The van der Waals surface area contributed by atoms with Crippen molar-refractivity contribution in [2.75, 3.05) is 13.2 Å². The molecule has 0 amide bonds. The molecule has 1 fully saturated rings. The Kier molecular flexibility index (Phi) is 5.05. The largest absolute Gasteiger partial charge is 0.411 e. The van der Waals surface area contributed by atoms with Crippen molar-refractivity contribution in [1.29, 1.82) is 0 Å². The van der Waals surface area contributed by atoms with E-state index in [1.165, 1.54) is 0 Å². The van der Waals surface area contributed by atoms with Gasteiger partial charge in [0, 0.05) is 0 Å². The minimum absolute atomic E-state index is 0.0881. The molecule has 1 rings (SSSR count). The van der Waals surface area contributed by atoms with E-state index in [0.29, 0.717) is 18.9 Å². The fourth-order valence-electron chi connectivity index (χ4n) is 2.32. The first kappa shape index (κ1) is 13.8. The maximum Gasteiger partial charge on any atom is 0.411 e. The van der Waals surface area contributed by atoms with Gasteiger partial charge in [-0.1, -0.05) is 13.3 Å². The Morgan fingerprint density at radius 1 is 1.31 bits per heavy atom. The van der Waals surface area contributed by atoms with Gasteiger partial charge in [0.1, 0.15) is 6.61 Å². The molecule has 0 heterocycles. The van der Waals surface area contributed by atoms with Crippen molar-refractivity contribution in [1.82, 2.24) is 0 Å². The molecule has 0 saturated heterocycles. The molecule has 1 aliphatic carbocycles. The van der Waals surface area contributed by atoms with Gasteiger partial charge < -0.3 is 10.5 Å². The van der Waals surface area contributed by atoms with Crippen LogP contribution >= 0.6 is 0 Å². The average molecular weight is 239 g/mol. The molecule has 2 N–H and O–H groups in total. The lowest BCUT2D eigenvalue weighted by molar-refractivity contribution is -0.194. The fourth-order valence-corrected chi connectivity index (χ4v) is 2.32. The van der Waals surface area contributed by atoms with Crippen LogP contribution in [0.15, 0.2) is 0 Å². The van der Waals surface area contributed by atoms with Gasteiger partial charge in [-0.05, 0) is 37.6 Å². The predicted octanol–water partition coefficient (Wildman–Crippen LogP) is 2.72. The van der Waals surface area contributed by atoms with E-state index in [4.69, 9.17) is 10.5 Å². The minimum atomic E-state index is -4.24. The highest BCUT2D eigenvalue weighted by Gasteiger charge is 2.34. The molecule has 0 aromatic carbocycles. The molecule has 16 heavy (non-hydrogen) atoms. The Balaban J connectivity index is 2.45. The van der Waals surface area contributed by atoms with Crippen LogP contribution in [-0.4, -0.2) is 25.4 Å². The van der Waals surface area contributed by atoms with Crippen LogP contribution in [0.3, 0.4) is 0 Å². The monoisotopic (exact) mass is 239 g/mol. The molecule has 0 aliphatic heterocycles. The number of nitrogens with two attached hydrogens (primary N) is 1. The summed E-state index contributed by atoms with van der Waals surface area (Å²) < 4.78 is 41.2. The first-order valence-electron chi connectivity index (χ1n) is 5.84. The zero-order valence-corrected chi connectivity index (χ0v) is 9.59. The number of rotatable bonds is 4. The topological polar surface area (TPSA) is 35.2 Å². The molecule has 5 heteroatoms. The van der Waals surface area contributed by atoms with E-state index in [1.807, 2.05) is 0 Å². The molecule has 0 radical (unpaired) electrons. The second-order valence-electron chi connectivity index (χ2n) is 4.55. The molecule has 3 atom stereocenters. The van der Waals surface area contributed by atoms with Gasteiger partial charge in [-0.3, -0.25) is 0 Å². The Labute approximate surface area is 94.3 Å². The van der Waals surface area contributed by atoms with Crippen LogP contribution in [-0.2, 0) is 4.74 Å². The van der Waals surface area contributed by atoms with Crippen LogP contribution < -0.4 is 5.73 Å². The first-order valence-corrected chi connectivity index (χ1v) is 5.84. The number of hydrogen-bond donors (Lipinski definition) is 1. The Hall–Kier alpha value is -0.290. The van der Waals surface area contributed by atoms with E-state index in [2.05, 4.69) is 6.92 Å². The number of ether oxygens (including phenoxy) is 1. The summed E-state index contributed by atoms with van der Waals surface area (Å²) in [7, 11) is 0. The second kappa shape index (κ2) is 5.87. The molecular weight excluding hydrogens is 219 g/mol. The zero-order valence-electron chi connectivity index (χ0n) is 9.59. The molecule has 1 aliphatic rings. The van der Waals surface area contributed by atoms with Gasteiger partial charge in [0.2, 0.25) is 0 Å². The lowest BCUT2D eigenvalue weighted by Gasteiger charge is -2.35. The van der Waals surface area contributed by atoms with E-state index >= 15 is 0 Å². The van der Waals surface area contributed by atoms with Crippen molar-refractivity contribution in [2.45, 2.75) is 44.9 Å². The van der Waals surface area contributed by atoms with Gasteiger partial charge in [-0.25, -0.2) is 0 Å². The van der Waals surface area contributed by atoms with E-state index in [0.717, 1.165) is 19.3 Å². The predicted molar refractivity (Wildman–Crippen MR) is 56.0 cm³/mol. The normalized spacial score (nSPS) is 31.7. The summed E-state index contributed by atoms with van der Waals surface area (Å²) >= 11 is 0. The molecule has 0 spiro atoms. The second-order valence-corrected chi connectivity index (χ2v) is 4.55. The third-order valence-corrected chi connectivity index (χ3v) is 3.38. The summed E-state index contributed by atoms with van der Waals surface area (Å²) in [5, 5.41) is 0. The smallest absolute Gasteiger partial charge is 0.368 e. The molecular formula is C11H20F3NO. The van der Waals surface area contributed by atoms with Crippen LogP contribution in [0.2, 0.25) is 0 Å². The molecule has 0 bridgehead atoms. The minimum Gasteiger partial charge on any atom is -0.368 e. The van der Waals surface area contributed by atoms with Gasteiger partial charge in [0.15, 0.2) is 0 Å². The lowest BCUT2D eigenvalue weighted by Crippen LogP contribution is -2.38. The van der Waals surface area contributed by atoms with Crippen LogP contribution in [0.5, 0.6) is 0 Å². The number of hydrogen-bond acceptors (Lipinski definition) is 2. The molecule has 2 nitrogen and oxygen atoms in total. The van der Waals surface area contributed by atoms with E-state index < -0.39 is 12.8 Å². The highest BCUT2D eigenvalue weighted by atomic mass is 19.4. The van der Waals surface area contributed by atoms with Crippen molar-refractivity contribution < 1.29 is 17.9 Å². The molecule has 0 aromatic rings. The summed E-state index contributed by atoms with van der Waals surface area (Å²) in [6.07, 6.45) is -0.886. The van der Waals surface area contributed by atoms with Crippen LogP contribution in [0.1, 0.15) is 32.6 Å². The van der Waals surface area contributed by atoms with Crippen molar-refractivity contribution in [2.24, 2.45) is 17.6 Å². The first-order chi connectivity index (χ1) is 7.46. The number of halogens is 3. The zero-order chi connectivity index (χ0) is 12.2. The van der Waals surface area contributed by atoms with Gasteiger partial charge >= 0.3 is 6.18 Å². The highest BCUT2D eigenvalue weighted by Crippen LogP contribution is 2.33. The average Bonchev–Trinajstić information content (AvgIpc) is 2.25. The standard InChI is InChI=1S/C11H20F3NO/c1-2-8-3-4-9(6-15)10(5-8)16-7-11(12,13)14/h8-10H,2-7,15H2,1H3. The maximum atomic E-state index is 12.1.